The number of benzene rings is 1. The number of fused-ring (bicyclic) bond motifs is 2. The Balaban J connectivity index is 1.74. The summed E-state index contributed by atoms with van der Waals surface area (Å²) >= 11 is 0. The van der Waals surface area contributed by atoms with E-state index >= 15 is 0 Å². The van der Waals surface area contributed by atoms with E-state index in [0.29, 0.717) is 17.2 Å². The topological polar surface area (TPSA) is 100 Å². The fraction of sp³-hybridized carbons (Fsp3) is 0.571. The molecular formula is C21H26O6. The summed E-state index contributed by atoms with van der Waals surface area (Å²) in [5, 5.41) is 30.7. The van der Waals surface area contributed by atoms with Gasteiger partial charge in [-0.1, -0.05) is 32.1 Å². The maximum atomic E-state index is 12.3. The minimum Gasteiger partial charge on any atom is -0.507 e. The third kappa shape index (κ3) is 3.21. The zero-order valence-electron chi connectivity index (χ0n) is 15.5. The molecule has 6 nitrogen and oxygen atoms in total. The molecule has 0 saturated heterocycles. The number of phenols is 1. The molecule has 1 fully saturated rings. The number of phenolic OH excluding ortho intramolecular Hbond substituents is 1. The fourth-order valence-corrected chi connectivity index (χ4v) is 4.61. The zero-order valence-corrected chi connectivity index (χ0v) is 15.5. The van der Waals surface area contributed by atoms with Gasteiger partial charge in [0.15, 0.2) is 5.43 Å². The molecule has 27 heavy (non-hydrogen) atoms. The molecule has 2 heterocycles. The summed E-state index contributed by atoms with van der Waals surface area (Å²) in [6.07, 6.45) is 6.22. The first kappa shape index (κ1) is 18.3. The summed E-state index contributed by atoms with van der Waals surface area (Å²) in [5.41, 5.74) is -0.561. The van der Waals surface area contributed by atoms with Crippen LogP contribution in [0, 0.1) is 5.92 Å². The SMILES string of the molecule is C[C@]1(CC2CCCCC2)Oc2cc3oc(CO)cc(=O)c3c(O)c2C[C@H]1O. The molecule has 0 spiro atoms. The van der Waals surface area contributed by atoms with E-state index in [4.69, 9.17) is 9.15 Å². The van der Waals surface area contributed by atoms with E-state index in [9.17, 15) is 20.1 Å². The number of aromatic hydroxyl groups is 1. The molecule has 4 rings (SSSR count). The highest BCUT2D eigenvalue weighted by atomic mass is 16.5. The Bertz CT molecular complexity index is 911. The molecule has 146 valence electrons. The van der Waals surface area contributed by atoms with Gasteiger partial charge in [-0.05, 0) is 19.3 Å². The highest BCUT2D eigenvalue weighted by Crippen LogP contribution is 2.45. The Labute approximate surface area is 157 Å². The van der Waals surface area contributed by atoms with Crippen molar-refractivity contribution in [2.75, 3.05) is 0 Å². The van der Waals surface area contributed by atoms with Crippen LogP contribution in [0.25, 0.3) is 11.0 Å². The lowest BCUT2D eigenvalue weighted by Crippen LogP contribution is -2.50. The molecule has 2 aliphatic rings. The van der Waals surface area contributed by atoms with Crippen molar-refractivity contribution in [3.05, 3.63) is 33.7 Å². The average Bonchev–Trinajstić information content (AvgIpc) is 2.64. The van der Waals surface area contributed by atoms with Gasteiger partial charge in [0.2, 0.25) is 0 Å². The smallest absolute Gasteiger partial charge is 0.196 e. The second kappa shape index (κ2) is 6.84. The van der Waals surface area contributed by atoms with Gasteiger partial charge in [-0.2, -0.15) is 0 Å². The lowest BCUT2D eigenvalue weighted by atomic mass is 9.77. The molecule has 1 aliphatic heterocycles. The molecule has 3 N–H and O–H groups in total. The number of hydrogen-bond acceptors (Lipinski definition) is 6. The van der Waals surface area contributed by atoms with E-state index in [-0.39, 0.29) is 28.9 Å². The van der Waals surface area contributed by atoms with Gasteiger partial charge in [-0.3, -0.25) is 4.79 Å². The van der Waals surface area contributed by atoms with Crippen LogP contribution >= 0.6 is 0 Å². The third-order valence-electron chi connectivity index (χ3n) is 6.13. The Kier molecular flexibility index (Phi) is 4.64. The number of ether oxygens (including phenoxy) is 1. The van der Waals surface area contributed by atoms with Crippen LogP contribution in [0.15, 0.2) is 21.3 Å². The first-order valence-electron chi connectivity index (χ1n) is 9.71. The minimum absolute atomic E-state index is 0.0534. The molecule has 0 bridgehead atoms. The highest BCUT2D eigenvalue weighted by Gasteiger charge is 2.43. The normalized spacial score (nSPS) is 26.0. The van der Waals surface area contributed by atoms with Gasteiger partial charge >= 0.3 is 0 Å². The Morgan fingerprint density at radius 1 is 1.22 bits per heavy atom. The number of hydrogen-bond donors (Lipinski definition) is 3. The predicted octanol–water partition coefficient (Wildman–Crippen LogP) is 3.02. The van der Waals surface area contributed by atoms with Crippen LogP contribution in [0.5, 0.6) is 11.5 Å². The molecule has 6 heteroatoms. The molecule has 2 aromatic rings. The monoisotopic (exact) mass is 374 g/mol. The second-order valence-electron chi connectivity index (χ2n) is 8.15. The van der Waals surface area contributed by atoms with E-state index in [1.807, 2.05) is 6.92 Å². The molecule has 0 amide bonds. The van der Waals surface area contributed by atoms with Gasteiger partial charge in [0, 0.05) is 24.1 Å². The van der Waals surface area contributed by atoms with Gasteiger partial charge < -0.3 is 24.5 Å². The van der Waals surface area contributed by atoms with E-state index in [1.54, 1.807) is 6.07 Å². The number of aliphatic hydroxyl groups is 2. The van der Waals surface area contributed by atoms with Gasteiger partial charge in [0.05, 0.1) is 6.10 Å². The van der Waals surface area contributed by atoms with E-state index in [0.717, 1.165) is 19.3 Å². The number of rotatable bonds is 3. The highest BCUT2D eigenvalue weighted by molar-refractivity contribution is 5.87. The summed E-state index contributed by atoms with van der Waals surface area (Å²) in [6, 6.07) is 2.76. The van der Waals surface area contributed by atoms with Crippen molar-refractivity contribution in [1.82, 2.24) is 0 Å². The van der Waals surface area contributed by atoms with Crippen molar-refractivity contribution >= 4 is 11.0 Å². The van der Waals surface area contributed by atoms with E-state index < -0.39 is 23.7 Å². The van der Waals surface area contributed by atoms with Crippen molar-refractivity contribution in [2.24, 2.45) is 5.92 Å². The molecule has 2 atom stereocenters. The molecule has 1 aliphatic carbocycles. The second-order valence-corrected chi connectivity index (χ2v) is 8.15. The first-order chi connectivity index (χ1) is 12.9. The van der Waals surface area contributed by atoms with Gasteiger partial charge in [0.25, 0.3) is 0 Å². The first-order valence-corrected chi connectivity index (χ1v) is 9.71. The zero-order chi connectivity index (χ0) is 19.2. The Morgan fingerprint density at radius 3 is 2.67 bits per heavy atom. The van der Waals surface area contributed by atoms with Crippen molar-refractivity contribution < 1.29 is 24.5 Å². The van der Waals surface area contributed by atoms with Crippen LogP contribution in [-0.4, -0.2) is 27.0 Å². The van der Waals surface area contributed by atoms with Crippen LogP contribution < -0.4 is 10.2 Å². The fourth-order valence-electron chi connectivity index (χ4n) is 4.61. The Morgan fingerprint density at radius 2 is 1.96 bits per heavy atom. The van der Waals surface area contributed by atoms with Crippen molar-refractivity contribution in [3.8, 4) is 11.5 Å². The third-order valence-corrected chi connectivity index (χ3v) is 6.13. The minimum atomic E-state index is -0.765. The van der Waals surface area contributed by atoms with Gasteiger partial charge in [-0.25, -0.2) is 0 Å². The predicted molar refractivity (Wildman–Crippen MR) is 100 cm³/mol. The average molecular weight is 374 g/mol. The van der Waals surface area contributed by atoms with Crippen LogP contribution in [-0.2, 0) is 13.0 Å². The van der Waals surface area contributed by atoms with E-state index in [2.05, 4.69) is 0 Å². The van der Waals surface area contributed by atoms with Gasteiger partial charge in [0.1, 0.15) is 40.4 Å². The molecule has 0 unspecified atom stereocenters. The summed E-state index contributed by atoms with van der Waals surface area (Å²) in [5.74, 6) is 0.877. The molecule has 1 aromatic carbocycles. The van der Waals surface area contributed by atoms with Crippen LogP contribution in [0.2, 0.25) is 0 Å². The van der Waals surface area contributed by atoms with Crippen molar-refractivity contribution in [3.63, 3.8) is 0 Å². The molecular weight excluding hydrogens is 348 g/mol. The largest absolute Gasteiger partial charge is 0.507 e. The van der Waals surface area contributed by atoms with Crippen molar-refractivity contribution in [1.29, 1.82) is 0 Å². The number of aliphatic hydroxyl groups excluding tert-OH is 2. The quantitative estimate of drug-likeness (QED) is 0.764. The summed E-state index contributed by atoms with van der Waals surface area (Å²) in [7, 11) is 0. The summed E-state index contributed by atoms with van der Waals surface area (Å²) in [4.78, 5) is 12.3. The summed E-state index contributed by atoms with van der Waals surface area (Å²) in [6.45, 7) is 1.51. The van der Waals surface area contributed by atoms with Crippen LogP contribution in [0.4, 0.5) is 0 Å². The molecule has 1 saturated carbocycles. The molecule has 1 aromatic heterocycles. The lowest BCUT2D eigenvalue weighted by molar-refractivity contribution is -0.0711. The molecule has 0 radical (unpaired) electrons. The maximum Gasteiger partial charge on any atom is 0.196 e. The van der Waals surface area contributed by atoms with E-state index in [1.165, 1.54) is 25.3 Å². The Hall–Kier alpha value is -2.05. The van der Waals surface area contributed by atoms with Crippen LogP contribution in [0.1, 0.15) is 56.8 Å². The maximum absolute atomic E-state index is 12.3. The van der Waals surface area contributed by atoms with Crippen molar-refractivity contribution in [2.45, 2.75) is 70.2 Å². The van der Waals surface area contributed by atoms with Crippen LogP contribution in [0.3, 0.4) is 0 Å². The van der Waals surface area contributed by atoms with Gasteiger partial charge in [-0.15, -0.1) is 0 Å². The lowest BCUT2D eigenvalue weighted by Gasteiger charge is -2.42. The standard InChI is InChI=1S/C21H26O6/c1-21(10-12-5-3-2-4-6-12)18(24)8-14-16(27-21)9-17-19(20(14)25)15(23)7-13(11-22)26-17/h7,9,12,18,22,24-25H,2-6,8,10-11H2,1H3/t18-,21-/m1/s1. The summed E-state index contributed by atoms with van der Waals surface area (Å²) < 4.78 is 11.7.